The average molecular weight is 331 g/mol. The van der Waals surface area contributed by atoms with Crippen molar-refractivity contribution < 1.29 is 23.8 Å². The van der Waals surface area contributed by atoms with Gasteiger partial charge in [-0.1, -0.05) is 18.2 Å². The number of carboxylic acid groups (broad SMARTS) is 1. The molecule has 6 nitrogen and oxygen atoms in total. The number of aliphatic carboxylic acids is 1. The Morgan fingerprint density at radius 2 is 1.92 bits per heavy atom. The van der Waals surface area contributed by atoms with E-state index in [0.717, 1.165) is 11.3 Å². The third-order valence-corrected chi connectivity index (χ3v) is 3.70. The van der Waals surface area contributed by atoms with Gasteiger partial charge in [0.15, 0.2) is 0 Å². The van der Waals surface area contributed by atoms with Crippen molar-refractivity contribution >= 4 is 11.9 Å². The predicted octanol–water partition coefficient (Wildman–Crippen LogP) is 2.67. The van der Waals surface area contributed by atoms with Gasteiger partial charge in [-0.2, -0.15) is 0 Å². The first kappa shape index (κ1) is 17.6. The second kappa shape index (κ2) is 7.68. The summed E-state index contributed by atoms with van der Waals surface area (Å²) in [6, 6.07) is 7.66. The van der Waals surface area contributed by atoms with Crippen LogP contribution in [0.2, 0.25) is 0 Å². The lowest BCUT2D eigenvalue weighted by Crippen LogP contribution is -2.31. The minimum atomic E-state index is -1.04. The average Bonchev–Trinajstić information content (AvgIpc) is 2.88. The van der Waals surface area contributed by atoms with E-state index >= 15 is 0 Å². The number of benzene rings is 1. The van der Waals surface area contributed by atoms with Crippen molar-refractivity contribution in [1.82, 2.24) is 4.90 Å². The summed E-state index contributed by atoms with van der Waals surface area (Å²) >= 11 is 0. The van der Waals surface area contributed by atoms with Crippen LogP contribution < -0.4 is 4.74 Å². The predicted molar refractivity (Wildman–Crippen MR) is 88.4 cm³/mol. The highest BCUT2D eigenvalue weighted by molar-refractivity contribution is 5.97. The molecule has 1 N–H and O–H groups in total. The molecule has 6 heteroatoms. The molecular formula is C18H21NO5. The van der Waals surface area contributed by atoms with Gasteiger partial charge in [-0.15, -0.1) is 0 Å². The van der Waals surface area contributed by atoms with Crippen LogP contribution in [0.15, 0.2) is 34.9 Å². The van der Waals surface area contributed by atoms with E-state index < -0.39 is 5.97 Å². The van der Waals surface area contributed by atoms with E-state index in [1.165, 1.54) is 11.2 Å². The number of hydrogen-bond donors (Lipinski definition) is 1. The molecule has 1 amide bonds. The molecule has 0 bridgehead atoms. The summed E-state index contributed by atoms with van der Waals surface area (Å²) in [5.74, 6) is -0.351. The molecule has 1 aromatic heterocycles. The molecule has 1 heterocycles. The fourth-order valence-electron chi connectivity index (χ4n) is 2.36. The fraction of sp³-hybridized carbons (Fsp3) is 0.333. The van der Waals surface area contributed by atoms with E-state index in [9.17, 15) is 9.59 Å². The van der Waals surface area contributed by atoms with Crippen molar-refractivity contribution in [2.24, 2.45) is 0 Å². The van der Waals surface area contributed by atoms with E-state index in [4.69, 9.17) is 14.3 Å². The Kier molecular flexibility index (Phi) is 5.63. The number of carbonyl (C=O) groups is 2. The van der Waals surface area contributed by atoms with Crippen molar-refractivity contribution in [3.05, 3.63) is 53.0 Å². The van der Waals surface area contributed by atoms with Crippen LogP contribution in [0.3, 0.4) is 0 Å². The van der Waals surface area contributed by atoms with Gasteiger partial charge in [0.25, 0.3) is 5.91 Å². The number of nitrogens with zero attached hydrogens (tertiary/aromatic N) is 1. The van der Waals surface area contributed by atoms with Crippen LogP contribution in [0.4, 0.5) is 0 Å². The standard InChI is InChI=1S/C18H21NO5/c1-12-6-4-5-7-14(12)23-9-8-19(3)18(22)17-13(2)11-24-15(17)10-16(20)21/h4-7,11H,8-10H2,1-3H3,(H,20,21). The maximum Gasteiger partial charge on any atom is 0.311 e. The molecule has 0 unspecified atom stereocenters. The minimum Gasteiger partial charge on any atom is -0.491 e. The van der Waals surface area contributed by atoms with E-state index in [1.54, 1.807) is 14.0 Å². The van der Waals surface area contributed by atoms with E-state index in [-0.39, 0.29) is 18.1 Å². The van der Waals surface area contributed by atoms with Crippen molar-refractivity contribution in [1.29, 1.82) is 0 Å². The SMILES string of the molecule is Cc1ccccc1OCCN(C)C(=O)c1c(C)coc1CC(=O)O. The van der Waals surface area contributed by atoms with Crippen LogP contribution in [-0.2, 0) is 11.2 Å². The minimum absolute atomic E-state index is 0.177. The van der Waals surface area contributed by atoms with Gasteiger partial charge in [-0.25, -0.2) is 0 Å². The summed E-state index contributed by atoms with van der Waals surface area (Å²) in [6.45, 7) is 4.40. The molecule has 2 aromatic rings. The zero-order chi connectivity index (χ0) is 17.7. The summed E-state index contributed by atoms with van der Waals surface area (Å²) < 4.78 is 10.9. The maximum absolute atomic E-state index is 12.6. The molecule has 0 fully saturated rings. The van der Waals surface area contributed by atoms with E-state index in [1.807, 2.05) is 31.2 Å². The number of para-hydroxylation sites is 1. The highest BCUT2D eigenvalue weighted by Crippen LogP contribution is 2.20. The molecule has 0 atom stereocenters. The maximum atomic E-state index is 12.6. The van der Waals surface area contributed by atoms with Crippen molar-refractivity contribution in [3.8, 4) is 5.75 Å². The van der Waals surface area contributed by atoms with Crippen LogP contribution in [0.1, 0.15) is 27.2 Å². The van der Waals surface area contributed by atoms with Crippen LogP contribution in [-0.4, -0.2) is 42.1 Å². The summed E-state index contributed by atoms with van der Waals surface area (Å²) in [5.41, 5.74) is 1.97. The number of hydrogen-bond acceptors (Lipinski definition) is 4. The number of carbonyl (C=O) groups excluding carboxylic acids is 1. The lowest BCUT2D eigenvalue weighted by atomic mass is 10.1. The number of ether oxygens (including phenoxy) is 1. The molecule has 0 aliphatic heterocycles. The van der Waals surface area contributed by atoms with Gasteiger partial charge in [0.1, 0.15) is 24.5 Å². The monoisotopic (exact) mass is 331 g/mol. The number of amides is 1. The van der Waals surface area contributed by atoms with Crippen LogP contribution in [0.5, 0.6) is 5.75 Å². The lowest BCUT2D eigenvalue weighted by Gasteiger charge is -2.18. The van der Waals surface area contributed by atoms with Gasteiger partial charge in [0.05, 0.1) is 18.4 Å². The molecule has 0 aliphatic rings. The summed E-state index contributed by atoms with van der Waals surface area (Å²) in [4.78, 5) is 24.9. The Labute approximate surface area is 140 Å². The molecular weight excluding hydrogens is 310 g/mol. The molecule has 128 valence electrons. The molecule has 24 heavy (non-hydrogen) atoms. The zero-order valence-electron chi connectivity index (χ0n) is 14.0. The first-order chi connectivity index (χ1) is 11.4. The van der Waals surface area contributed by atoms with Gasteiger partial charge in [-0.05, 0) is 25.5 Å². The molecule has 1 aromatic carbocycles. The summed E-state index contributed by atoms with van der Waals surface area (Å²) in [5, 5.41) is 8.91. The Bertz CT molecular complexity index is 735. The first-order valence-corrected chi connectivity index (χ1v) is 7.62. The highest BCUT2D eigenvalue weighted by Gasteiger charge is 2.23. The summed E-state index contributed by atoms with van der Waals surface area (Å²) in [6.07, 6.45) is 1.09. The van der Waals surface area contributed by atoms with Gasteiger partial charge in [-0.3, -0.25) is 9.59 Å². The third kappa shape index (κ3) is 4.16. The van der Waals surface area contributed by atoms with Gasteiger partial charge < -0.3 is 19.2 Å². The lowest BCUT2D eigenvalue weighted by molar-refractivity contribution is -0.136. The summed E-state index contributed by atoms with van der Waals surface area (Å²) in [7, 11) is 1.65. The van der Waals surface area contributed by atoms with Gasteiger partial charge in [0, 0.05) is 12.6 Å². The van der Waals surface area contributed by atoms with Gasteiger partial charge >= 0.3 is 5.97 Å². The number of rotatable bonds is 7. The molecule has 0 radical (unpaired) electrons. The Hall–Kier alpha value is -2.76. The third-order valence-electron chi connectivity index (χ3n) is 3.70. The Balaban J connectivity index is 1.99. The second-order valence-electron chi connectivity index (χ2n) is 5.63. The van der Waals surface area contributed by atoms with E-state index in [2.05, 4.69) is 0 Å². The number of likely N-dealkylation sites (N-methyl/N-ethyl adjacent to an activating group) is 1. The highest BCUT2D eigenvalue weighted by atomic mass is 16.5. The van der Waals surface area contributed by atoms with Crippen LogP contribution in [0, 0.1) is 13.8 Å². The van der Waals surface area contributed by atoms with Crippen LogP contribution >= 0.6 is 0 Å². The number of aryl methyl sites for hydroxylation is 2. The molecule has 0 saturated heterocycles. The Morgan fingerprint density at radius 3 is 2.58 bits per heavy atom. The molecule has 0 spiro atoms. The number of carboxylic acids is 1. The quantitative estimate of drug-likeness (QED) is 0.844. The number of furan rings is 1. The fourth-order valence-corrected chi connectivity index (χ4v) is 2.36. The Morgan fingerprint density at radius 1 is 1.21 bits per heavy atom. The zero-order valence-corrected chi connectivity index (χ0v) is 14.0. The largest absolute Gasteiger partial charge is 0.491 e. The van der Waals surface area contributed by atoms with Crippen molar-refractivity contribution in [3.63, 3.8) is 0 Å². The van der Waals surface area contributed by atoms with Crippen molar-refractivity contribution in [2.45, 2.75) is 20.3 Å². The smallest absolute Gasteiger partial charge is 0.311 e. The van der Waals surface area contributed by atoms with E-state index in [0.29, 0.717) is 24.3 Å². The second-order valence-corrected chi connectivity index (χ2v) is 5.63. The molecule has 2 rings (SSSR count). The van der Waals surface area contributed by atoms with Crippen molar-refractivity contribution in [2.75, 3.05) is 20.2 Å². The molecule has 0 aliphatic carbocycles. The normalized spacial score (nSPS) is 10.5. The van der Waals surface area contributed by atoms with Crippen LogP contribution in [0.25, 0.3) is 0 Å². The molecule has 0 saturated carbocycles. The topological polar surface area (TPSA) is 80.0 Å². The first-order valence-electron chi connectivity index (χ1n) is 7.62. The van der Waals surface area contributed by atoms with Gasteiger partial charge in [0.2, 0.25) is 0 Å².